The minimum Gasteiger partial charge on any atom is -0.354 e. The summed E-state index contributed by atoms with van der Waals surface area (Å²) in [6.45, 7) is 9.75. The van der Waals surface area contributed by atoms with E-state index in [0.29, 0.717) is 13.0 Å². The van der Waals surface area contributed by atoms with Gasteiger partial charge in [0.1, 0.15) is 6.04 Å². The molecule has 0 bridgehead atoms. The van der Waals surface area contributed by atoms with Crippen LogP contribution in [0.3, 0.4) is 0 Å². The molecule has 3 N–H and O–H groups in total. The van der Waals surface area contributed by atoms with Crippen LogP contribution in [0, 0.1) is 5.92 Å². The second kappa shape index (κ2) is 12.7. The van der Waals surface area contributed by atoms with Gasteiger partial charge in [-0.3, -0.25) is 9.59 Å². The van der Waals surface area contributed by atoms with Crippen molar-refractivity contribution < 1.29 is 9.59 Å². The average molecular weight is 397 g/mol. The molecule has 2 amide bonds. The van der Waals surface area contributed by atoms with Crippen LogP contribution >= 0.6 is 12.4 Å². The Morgan fingerprint density at radius 3 is 2.44 bits per heavy atom. The number of hydrogen-bond donors (Lipinski definition) is 3. The summed E-state index contributed by atoms with van der Waals surface area (Å²) in [5.41, 5.74) is 0.948. The van der Waals surface area contributed by atoms with Crippen LogP contribution in [0.25, 0.3) is 0 Å². The third kappa shape index (κ3) is 8.73. The van der Waals surface area contributed by atoms with Crippen LogP contribution < -0.4 is 16.0 Å². The first-order chi connectivity index (χ1) is 12.6. The number of rotatable bonds is 9. The van der Waals surface area contributed by atoms with Crippen molar-refractivity contribution in [2.45, 2.75) is 32.7 Å². The molecule has 0 saturated carbocycles. The first-order valence-electron chi connectivity index (χ1n) is 9.60. The summed E-state index contributed by atoms with van der Waals surface area (Å²) in [6, 6.07) is 9.08. The van der Waals surface area contributed by atoms with Gasteiger partial charge < -0.3 is 20.9 Å². The van der Waals surface area contributed by atoms with Crippen LogP contribution in [0.5, 0.6) is 0 Å². The maximum Gasteiger partial charge on any atom is 0.242 e. The highest BCUT2D eigenvalue weighted by atomic mass is 35.5. The van der Waals surface area contributed by atoms with Gasteiger partial charge in [0.25, 0.3) is 0 Å². The third-order valence-electron chi connectivity index (χ3n) is 4.63. The van der Waals surface area contributed by atoms with E-state index in [1.165, 1.54) is 0 Å². The van der Waals surface area contributed by atoms with Gasteiger partial charge in [-0.2, -0.15) is 0 Å². The lowest BCUT2D eigenvalue weighted by Gasteiger charge is -2.27. The van der Waals surface area contributed by atoms with E-state index in [2.05, 4.69) is 20.9 Å². The molecule has 1 aromatic carbocycles. The van der Waals surface area contributed by atoms with Crippen molar-refractivity contribution in [1.29, 1.82) is 0 Å². The summed E-state index contributed by atoms with van der Waals surface area (Å²) in [5, 5.41) is 9.20. The smallest absolute Gasteiger partial charge is 0.242 e. The first kappa shape index (κ1) is 23.4. The fourth-order valence-electron chi connectivity index (χ4n) is 3.10. The molecule has 27 heavy (non-hydrogen) atoms. The minimum absolute atomic E-state index is 0. The number of hydrogen-bond acceptors (Lipinski definition) is 4. The zero-order chi connectivity index (χ0) is 18.8. The molecule has 1 fully saturated rings. The highest BCUT2D eigenvalue weighted by molar-refractivity contribution is 5.88. The molecule has 2 rings (SSSR count). The largest absolute Gasteiger partial charge is 0.354 e. The van der Waals surface area contributed by atoms with E-state index in [1.54, 1.807) is 0 Å². The highest BCUT2D eigenvalue weighted by Gasteiger charge is 2.23. The van der Waals surface area contributed by atoms with Crippen molar-refractivity contribution in [3.63, 3.8) is 0 Å². The van der Waals surface area contributed by atoms with Crippen LogP contribution in [0.15, 0.2) is 30.3 Å². The Balaban J connectivity index is 0.00000364. The zero-order valence-corrected chi connectivity index (χ0v) is 17.2. The molecule has 1 unspecified atom stereocenters. The molecular formula is C20H33ClN4O2. The van der Waals surface area contributed by atoms with E-state index < -0.39 is 6.04 Å². The third-order valence-corrected chi connectivity index (χ3v) is 4.63. The Kier molecular flexibility index (Phi) is 11.0. The predicted molar refractivity (Wildman–Crippen MR) is 111 cm³/mol. The number of halogens is 1. The van der Waals surface area contributed by atoms with E-state index in [4.69, 9.17) is 0 Å². The first-order valence-corrected chi connectivity index (χ1v) is 9.60. The SMILES string of the molecule is CC(C)C(NC(=O)Cc1ccccc1)C(=O)NCCCN1CCNCC1.Cl. The molecule has 1 aliphatic heterocycles. The molecule has 1 atom stereocenters. The number of piperazine rings is 1. The van der Waals surface area contributed by atoms with Crippen LogP contribution in [-0.4, -0.2) is 62.0 Å². The second-order valence-electron chi connectivity index (χ2n) is 7.19. The molecule has 7 heteroatoms. The molecule has 0 aromatic heterocycles. The molecule has 0 spiro atoms. The maximum absolute atomic E-state index is 12.5. The lowest BCUT2D eigenvalue weighted by Crippen LogP contribution is -2.50. The topological polar surface area (TPSA) is 73.5 Å². The van der Waals surface area contributed by atoms with Crippen molar-refractivity contribution in [2.75, 3.05) is 39.3 Å². The molecule has 0 aliphatic carbocycles. The van der Waals surface area contributed by atoms with Crippen LogP contribution in [-0.2, 0) is 16.0 Å². The van der Waals surface area contributed by atoms with E-state index in [1.807, 2.05) is 44.2 Å². The van der Waals surface area contributed by atoms with Gasteiger partial charge in [-0.05, 0) is 24.4 Å². The average Bonchev–Trinajstić information content (AvgIpc) is 2.64. The van der Waals surface area contributed by atoms with E-state index in [-0.39, 0.29) is 30.1 Å². The number of amides is 2. The molecular weight excluding hydrogens is 364 g/mol. The van der Waals surface area contributed by atoms with Gasteiger partial charge in [0.05, 0.1) is 6.42 Å². The van der Waals surface area contributed by atoms with Crippen molar-refractivity contribution in [3.05, 3.63) is 35.9 Å². The summed E-state index contributed by atoms with van der Waals surface area (Å²) in [7, 11) is 0. The van der Waals surface area contributed by atoms with Gasteiger partial charge in [-0.25, -0.2) is 0 Å². The summed E-state index contributed by atoms with van der Waals surface area (Å²) >= 11 is 0. The zero-order valence-electron chi connectivity index (χ0n) is 16.4. The Morgan fingerprint density at radius 2 is 1.81 bits per heavy atom. The standard InChI is InChI=1S/C20H32N4O2.ClH/c1-16(2)19(23-18(25)15-17-7-4-3-5-8-17)20(26)22-9-6-12-24-13-10-21-11-14-24;/h3-5,7-8,16,19,21H,6,9-15H2,1-2H3,(H,22,26)(H,23,25);1H. The van der Waals surface area contributed by atoms with Crippen LogP contribution in [0.4, 0.5) is 0 Å². The summed E-state index contributed by atoms with van der Waals surface area (Å²) in [6.07, 6.45) is 1.22. The van der Waals surface area contributed by atoms with Crippen LogP contribution in [0.2, 0.25) is 0 Å². The second-order valence-corrected chi connectivity index (χ2v) is 7.19. The number of benzene rings is 1. The van der Waals surface area contributed by atoms with Gasteiger partial charge in [0.2, 0.25) is 11.8 Å². The Labute approximate surface area is 168 Å². The predicted octanol–water partition coefficient (Wildman–Crippen LogP) is 1.20. The summed E-state index contributed by atoms with van der Waals surface area (Å²) in [5.74, 6) is -0.171. The van der Waals surface area contributed by atoms with Gasteiger partial charge in [0.15, 0.2) is 0 Å². The lowest BCUT2D eigenvalue weighted by atomic mass is 10.0. The Bertz CT molecular complexity index is 562. The quantitative estimate of drug-likeness (QED) is 0.548. The molecule has 6 nitrogen and oxygen atoms in total. The normalized spacial score (nSPS) is 15.7. The maximum atomic E-state index is 12.5. The summed E-state index contributed by atoms with van der Waals surface area (Å²) in [4.78, 5) is 27.1. The lowest BCUT2D eigenvalue weighted by molar-refractivity contribution is -0.129. The number of nitrogens with zero attached hydrogens (tertiary/aromatic N) is 1. The van der Waals surface area contributed by atoms with Crippen molar-refractivity contribution in [1.82, 2.24) is 20.9 Å². The Hall–Kier alpha value is -1.63. The van der Waals surface area contributed by atoms with Gasteiger partial charge in [-0.15, -0.1) is 12.4 Å². The van der Waals surface area contributed by atoms with Crippen molar-refractivity contribution >= 4 is 24.2 Å². The number of carbonyl (C=O) groups is 2. The number of carbonyl (C=O) groups excluding carboxylic acids is 2. The highest BCUT2D eigenvalue weighted by Crippen LogP contribution is 2.05. The fraction of sp³-hybridized carbons (Fsp3) is 0.600. The fourth-order valence-corrected chi connectivity index (χ4v) is 3.10. The van der Waals surface area contributed by atoms with Gasteiger partial charge >= 0.3 is 0 Å². The minimum atomic E-state index is -0.495. The molecule has 0 radical (unpaired) electrons. The van der Waals surface area contributed by atoms with E-state index in [9.17, 15) is 9.59 Å². The molecule has 1 saturated heterocycles. The number of nitrogens with one attached hydrogen (secondary N) is 3. The molecule has 1 aromatic rings. The molecule has 1 aliphatic rings. The molecule has 152 valence electrons. The van der Waals surface area contributed by atoms with Crippen LogP contribution in [0.1, 0.15) is 25.8 Å². The van der Waals surface area contributed by atoms with E-state index >= 15 is 0 Å². The summed E-state index contributed by atoms with van der Waals surface area (Å²) < 4.78 is 0. The van der Waals surface area contributed by atoms with Crippen molar-refractivity contribution in [3.8, 4) is 0 Å². The monoisotopic (exact) mass is 396 g/mol. The van der Waals surface area contributed by atoms with Gasteiger partial charge in [-0.1, -0.05) is 44.2 Å². The molecule has 1 heterocycles. The van der Waals surface area contributed by atoms with E-state index in [0.717, 1.165) is 44.7 Å². The Morgan fingerprint density at radius 1 is 1.15 bits per heavy atom. The van der Waals surface area contributed by atoms with Gasteiger partial charge in [0, 0.05) is 32.7 Å². The van der Waals surface area contributed by atoms with Crippen molar-refractivity contribution in [2.24, 2.45) is 5.92 Å².